The highest BCUT2D eigenvalue weighted by molar-refractivity contribution is 5.95. The first-order valence-electron chi connectivity index (χ1n) is 8.35. The lowest BCUT2D eigenvalue weighted by atomic mass is 9.71. The zero-order chi connectivity index (χ0) is 18.4. The maximum Gasteiger partial charge on any atom is 0.310 e. The van der Waals surface area contributed by atoms with Gasteiger partial charge in [-0.05, 0) is 25.0 Å². The van der Waals surface area contributed by atoms with Gasteiger partial charge in [0.1, 0.15) is 5.75 Å². The maximum atomic E-state index is 12.4. The van der Waals surface area contributed by atoms with Gasteiger partial charge in [0.25, 0.3) is 0 Å². The summed E-state index contributed by atoms with van der Waals surface area (Å²) in [5.41, 5.74) is 0.0253. The van der Waals surface area contributed by atoms with Crippen molar-refractivity contribution in [1.29, 1.82) is 0 Å². The van der Waals surface area contributed by atoms with Crippen molar-refractivity contribution >= 4 is 29.2 Å². The lowest BCUT2D eigenvalue weighted by Crippen LogP contribution is -2.37. The van der Waals surface area contributed by atoms with Crippen LogP contribution in [0.5, 0.6) is 5.75 Å². The number of anilines is 2. The third kappa shape index (κ3) is 4.71. The third-order valence-corrected chi connectivity index (χ3v) is 4.56. The predicted molar refractivity (Wildman–Crippen MR) is 93.7 cm³/mol. The van der Waals surface area contributed by atoms with Gasteiger partial charge in [0.2, 0.25) is 11.8 Å². The van der Waals surface area contributed by atoms with Crippen LogP contribution in [0, 0.1) is 5.41 Å². The lowest BCUT2D eigenvalue weighted by molar-refractivity contribution is -0.153. The van der Waals surface area contributed by atoms with Crippen LogP contribution in [0.25, 0.3) is 0 Å². The van der Waals surface area contributed by atoms with E-state index in [-0.39, 0.29) is 18.2 Å². The van der Waals surface area contributed by atoms with Gasteiger partial charge < -0.3 is 20.5 Å². The average Bonchev–Trinajstić information content (AvgIpc) is 2.56. The number of carboxylic acids is 1. The first-order valence-corrected chi connectivity index (χ1v) is 8.35. The molecule has 1 aromatic rings. The molecule has 0 spiro atoms. The molecule has 1 aliphatic carbocycles. The number of methoxy groups -OCH3 is 1. The highest BCUT2D eigenvalue weighted by Gasteiger charge is 2.41. The van der Waals surface area contributed by atoms with Crippen molar-refractivity contribution < 1.29 is 24.2 Å². The van der Waals surface area contributed by atoms with Crippen LogP contribution in [0.1, 0.15) is 45.4 Å². The first-order chi connectivity index (χ1) is 11.9. The van der Waals surface area contributed by atoms with Gasteiger partial charge in [-0.3, -0.25) is 14.4 Å². The monoisotopic (exact) mass is 348 g/mol. The van der Waals surface area contributed by atoms with Crippen LogP contribution in [0.2, 0.25) is 0 Å². The van der Waals surface area contributed by atoms with E-state index in [0.29, 0.717) is 30.0 Å². The van der Waals surface area contributed by atoms with Crippen LogP contribution in [0.3, 0.4) is 0 Å². The van der Waals surface area contributed by atoms with E-state index in [1.54, 1.807) is 18.2 Å². The topological polar surface area (TPSA) is 105 Å². The van der Waals surface area contributed by atoms with E-state index >= 15 is 0 Å². The van der Waals surface area contributed by atoms with E-state index in [9.17, 15) is 19.5 Å². The number of carboxylic acid groups (broad SMARTS) is 1. The summed E-state index contributed by atoms with van der Waals surface area (Å²) in [4.78, 5) is 35.2. The molecule has 0 aromatic heterocycles. The molecule has 0 bridgehead atoms. The number of carbonyl (C=O) groups excluding carboxylic acids is 2. The number of benzene rings is 1. The Balaban J connectivity index is 2.09. The van der Waals surface area contributed by atoms with Gasteiger partial charge in [0.15, 0.2) is 0 Å². The van der Waals surface area contributed by atoms with E-state index in [2.05, 4.69) is 10.6 Å². The number of aliphatic carboxylic acids is 1. The molecule has 1 saturated carbocycles. The Hall–Kier alpha value is -2.57. The molecule has 136 valence electrons. The summed E-state index contributed by atoms with van der Waals surface area (Å²) in [5, 5.41) is 14.9. The second-order valence-electron chi connectivity index (χ2n) is 6.47. The summed E-state index contributed by atoms with van der Waals surface area (Å²) >= 11 is 0. The molecule has 0 radical (unpaired) electrons. The summed E-state index contributed by atoms with van der Waals surface area (Å²) in [6.45, 7) is 1.39. The van der Waals surface area contributed by atoms with Crippen LogP contribution in [-0.2, 0) is 14.4 Å². The van der Waals surface area contributed by atoms with Crippen LogP contribution in [0.15, 0.2) is 18.2 Å². The van der Waals surface area contributed by atoms with E-state index < -0.39 is 11.4 Å². The van der Waals surface area contributed by atoms with Gasteiger partial charge >= 0.3 is 5.97 Å². The molecular formula is C18H24N2O5. The Bertz CT molecular complexity index is 665. The largest absolute Gasteiger partial charge is 0.494 e. The van der Waals surface area contributed by atoms with Crippen molar-refractivity contribution in [3.63, 3.8) is 0 Å². The molecule has 0 saturated heterocycles. The molecule has 2 amide bonds. The molecular weight excluding hydrogens is 324 g/mol. The van der Waals surface area contributed by atoms with Crippen LogP contribution in [-0.4, -0.2) is 30.0 Å². The zero-order valence-corrected chi connectivity index (χ0v) is 14.6. The van der Waals surface area contributed by atoms with Gasteiger partial charge in [-0.2, -0.15) is 0 Å². The molecule has 1 aromatic carbocycles. The normalized spacial score (nSPS) is 15.9. The summed E-state index contributed by atoms with van der Waals surface area (Å²) in [6, 6.07) is 4.86. The summed E-state index contributed by atoms with van der Waals surface area (Å²) < 4.78 is 5.22. The van der Waals surface area contributed by atoms with Crippen molar-refractivity contribution in [2.24, 2.45) is 5.41 Å². The van der Waals surface area contributed by atoms with Gasteiger partial charge in [0.05, 0.1) is 18.2 Å². The minimum atomic E-state index is -0.970. The second kappa shape index (κ2) is 8.00. The van der Waals surface area contributed by atoms with E-state index in [1.165, 1.54) is 14.0 Å². The third-order valence-electron chi connectivity index (χ3n) is 4.56. The molecule has 7 heteroatoms. The number of hydrogen-bond acceptors (Lipinski definition) is 4. The molecule has 2 rings (SSSR count). The number of rotatable bonds is 6. The SMILES string of the molecule is COc1cc(NC(=O)CC2(C(=O)O)CCCCC2)ccc1NC(C)=O. The molecule has 1 aliphatic rings. The fourth-order valence-corrected chi connectivity index (χ4v) is 3.27. The number of ether oxygens (including phenoxy) is 1. The lowest BCUT2D eigenvalue weighted by Gasteiger charge is -2.32. The summed E-state index contributed by atoms with van der Waals surface area (Å²) in [5.74, 6) is -1.05. The molecule has 0 atom stereocenters. The van der Waals surface area contributed by atoms with Crippen molar-refractivity contribution in [3.8, 4) is 5.75 Å². The highest BCUT2D eigenvalue weighted by Crippen LogP contribution is 2.40. The predicted octanol–water partition coefficient (Wildman–Crippen LogP) is 3.02. The molecule has 0 aliphatic heterocycles. The first kappa shape index (κ1) is 18.8. The molecule has 1 fully saturated rings. The Kier molecular flexibility index (Phi) is 6.01. The van der Waals surface area contributed by atoms with Gasteiger partial charge in [-0.25, -0.2) is 0 Å². The maximum absolute atomic E-state index is 12.4. The minimum Gasteiger partial charge on any atom is -0.494 e. The zero-order valence-electron chi connectivity index (χ0n) is 14.6. The molecule has 25 heavy (non-hydrogen) atoms. The Labute approximate surface area is 146 Å². The summed E-state index contributed by atoms with van der Waals surface area (Å²) in [6.07, 6.45) is 3.69. The molecule has 3 N–H and O–H groups in total. The fraction of sp³-hybridized carbons (Fsp3) is 0.500. The van der Waals surface area contributed by atoms with Crippen molar-refractivity contribution in [3.05, 3.63) is 18.2 Å². The fourth-order valence-electron chi connectivity index (χ4n) is 3.27. The Morgan fingerprint density at radius 3 is 2.40 bits per heavy atom. The highest BCUT2D eigenvalue weighted by atomic mass is 16.5. The number of hydrogen-bond donors (Lipinski definition) is 3. The van der Waals surface area contributed by atoms with E-state index in [1.807, 2.05) is 0 Å². The van der Waals surface area contributed by atoms with E-state index in [4.69, 9.17) is 4.74 Å². The van der Waals surface area contributed by atoms with Crippen LogP contribution >= 0.6 is 0 Å². The van der Waals surface area contributed by atoms with Gasteiger partial charge in [0, 0.05) is 25.1 Å². The quantitative estimate of drug-likeness (QED) is 0.733. The standard InChI is InChI=1S/C18H24N2O5/c1-12(21)19-14-7-6-13(10-15(14)25-2)20-16(22)11-18(17(23)24)8-4-3-5-9-18/h6-7,10H,3-5,8-9,11H2,1-2H3,(H,19,21)(H,20,22)(H,23,24). The number of amides is 2. The Morgan fingerprint density at radius 1 is 1.16 bits per heavy atom. The molecule has 7 nitrogen and oxygen atoms in total. The van der Waals surface area contributed by atoms with Crippen LogP contribution in [0.4, 0.5) is 11.4 Å². The smallest absolute Gasteiger partial charge is 0.310 e. The average molecular weight is 348 g/mol. The van der Waals surface area contributed by atoms with Gasteiger partial charge in [-0.15, -0.1) is 0 Å². The van der Waals surface area contributed by atoms with Gasteiger partial charge in [-0.1, -0.05) is 19.3 Å². The van der Waals surface area contributed by atoms with Crippen molar-refractivity contribution in [2.45, 2.75) is 45.4 Å². The Morgan fingerprint density at radius 2 is 1.84 bits per heavy atom. The number of nitrogens with one attached hydrogen (secondary N) is 2. The molecule has 0 heterocycles. The van der Waals surface area contributed by atoms with Crippen LogP contribution < -0.4 is 15.4 Å². The number of carbonyl (C=O) groups is 3. The summed E-state index contributed by atoms with van der Waals surface area (Å²) in [7, 11) is 1.47. The van der Waals surface area contributed by atoms with Crippen molar-refractivity contribution in [1.82, 2.24) is 0 Å². The minimum absolute atomic E-state index is 0.0436. The van der Waals surface area contributed by atoms with Crippen molar-refractivity contribution in [2.75, 3.05) is 17.7 Å². The van der Waals surface area contributed by atoms with E-state index in [0.717, 1.165) is 19.3 Å². The second-order valence-corrected chi connectivity index (χ2v) is 6.47. The molecule has 0 unspecified atom stereocenters.